The summed E-state index contributed by atoms with van der Waals surface area (Å²) in [4.78, 5) is 11.3. The Balaban J connectivity index is 2.71. The van der Waals surface area contributed by atoms with Gasteiger partial charge in [0.2, 0.25) is 5.88 Å². The predicted molar refractivity (Wildman–Crippen MR) is 50.9 cm³/mol. The fourth-order valence-corrected chi connectivity index (χ4v) is 1.32. The molecule has 0 unspecified atom stereocenters. The van der Waals surface area contributed by atoms with Gasteiger partial charge in [-0.05, 0) is 6.42 Å². The molecule has 0 aliphatic carbocycles. The molecular weight excluding hydrogens is 168 g/mol. The molecule has 0 amide bonds. The van der Waals surface area contributed by atoms with Crippen LogP contribution in [0, 0.1) is 0 Å². The zero-order chi connectivity index (χ0) is 9.84. The first-order chi connectivity index (χ1) is 6.16. The van der Waals surface area contributed by atoms with Gasteiger partial charge in [-0.15, -0.1) is 0 Å². The van der Waals surface area contributed by atoms with E-state index in [1.165, 1.54) is 15.3 Å². The first kappa shape index (κ1) is 9.89. The van der Waals surface area contributed by atoms with Crippen LogP contribution in [0.4, 0.5) is 0 Å². The van der Waals surface area contributed by atoms with E-state index in [9.17, 15) is 9.90 Å². The molecule has 4 heteroatoms. The molecule has 1 heterocycles. The normalized spacial score (nSPS) is 10.6. The second-order valence-corrected chi connectivity index (χ2v) is 3.24. The third kappa shape index (κ3) is 2.14. The molecule has 0 aliphatic rings. The van der Waals surface area contributed by atoms with Crippen molar-refractivity contribution in [2.75, 3.05) is 0 Å². The van der Waals surface area contributed by atoms with Crippen molar-refractivity contribution in [2.45, 2.75) is 32.7 Å². The largest absolute Gasteiger partial charge is 0.493 e. The maximum atomic E-state index is 11.3. The van der Waals surface area contributed by atoms with Crippen LogP contribution in [0.25, 0.3) is 0 Å². The summed E-state index contributed by atoms with van der Waals surface area (Å²) in [7, 11) is 1.64. The molecule has 0 aliphatic heterocycles. The highest BCUT2D eigenvalue weighted by Gasteiger charge is 2.05. The molecule has 0 saturated carbocycles. The van der Waals surface area contributed by atoms with E-state index in [4.69, 9.17) is 0 Å². The Kier molecular flexibility index (Phi) is 3.17. The Morgan fingerprint density at radius 2 is 2.15 bits per heavy atom. The van der Waals surface area contributed by atoms with E-state index >= 15 is 0 Å². The van der Waals surface area contributed by atoms with Crippen LogP contribution in [0.5, 0.6) is 5.88 Å². The quantitative estimate of drug-likeness (QED) is 0.712. The second-order valence-electron chi connectivity index (χ2n) is 3.24. The first-order valence-corrected chi connectivity index (χ1v) is 4.62. The van der Waals surface area contributed by atoms with Gasteiger partial charge in [0.05, 0.1) is 6.20 Å². The minimum Gasteiger partial charge on any atom is -0.493 e. The van der Waals surface area contributed by atoms with E-state index in [1.54, 1.807) is 7.05 Å². The standard InChI is InChI=1S/C9H16N2O2/c1-3-4-5-6-11-8(12)7-10(2)9(11)13/h7,12H,3-6H2,1-2H3. The number of hydrogen-bond donors (Lipinski definition) is 1. The van der Waals surface area contributed by atoms with E-state index in [0.29, 0.717) is 6.54 Å². The molecule has 0 aromatic carbocycles. The fraction of sp³-hybridized carbons (Fsp3) is 0.667. The van der Waals surface area contributed by atoms with Crippen LogP contribution in [0.2, 0.25) is 0 Å². The molecule has 1 aromatic heterocycles. The molecule has 13 heavy (non-hydrogen) atoms. The van der Waals surface area contributed by atoms with Crippen molar-refractivity contribution in [1.82, 2.24) is 9.13 Å². The summed E-state index contributed by atoms with van der Waals surface area (Å²) in [5.41, 5.74) is -0.145. The van der Waals surface area contributed by atoms with Gasteiger partial charge >= 0.3 is 5.69 Å². The molecule has 0 bridgehead atoms. The molecule has 0 saturated heterocycles. The summed E-state index contributed by atoms with van der Waals surface area (Å²) in [6.07, 6.45) is 4.57. The van der Waals surface area contributed by atoms with Gasteiger partial charge in [0, 0.05) is 13.6 Å². The lowest BCUT2D eigenvalue weighted by molar-refractivity contribution is 0.407. The smallest absolute Gasteiger partial charge is 0.330 e. The van der Waals surface area contributed by atoms with E-state index in [1.807, 2.05) is 0 Å². The summed E-state index contributed by atoms with van der Waals surface area (Å²) in [6, 6.07) is 0. The SMILES string of the molecule is CCCCCn1c(O)cn(C)c1=O. The summed E-state index contributed by atoms with van der Waals surface area (Å²) < 4.78 is 2.79. The number of nitrogens with zero attached hydrogens (tertiary/aromatic N) is 2. The number of aromatic hydroxyl groups is 1. The van der Waals surface area contributed by atoms with Crippen molar-refractivity contribution >= 4 is 0 Å². The molecule has 1 N–H and O–H groups in total. The summed E-state index contributed by atoms with van der Waals surface area (Å²) in [6.45, 7) is 2.72. The molecule has 0 fully saturated rings. The van der Waals surface area contributed by atoms with E-state index in [-0.39, 0.29) is 11.6 Å². The average molecular weight is 184 g/mol. The third-order valence-electron chi connectivity index (χ3n) is 2.10. The van der Waals surface area contributed by atoms with Crippen LogP contribution >= 0.6 is 0 Å². The van der Waals surface area contributed by atoms with Crippen molar-refractivity contribution in [3.8, 4) is 5.88 Å². The topological polar surface area (TPSA) is 47.2 Å². The van der Waals surface area contributed by atoms with Crippen molar-refractivity contribution in [3.63, 3.8) is 0 Å². The number of hydrogen-bond acceptors (Lipinski definition) is 2. The van der Waals surface area contributed by atoms with Gasteiger partial charge < -0.3 is 5.11 Å². The summed E-state index contributed by atoms with van der Waals surface area (Å²) >= 11 is 0. The van der Waals surface area contributed by atoms with Gasteiger partial charge in [0.25, 0.3) is 0 Å². The highest BCUT2D eigenvalue weighted by atomic mass is 16.3. The van der Waals surface area contributed by atoms with Crippen molar-refractivity contribution in [1.29, 1.82) is 0 Å². The highest BCUT2D eigenvalue weighted by Crippen LogP contribution is 2.06. The van der Waals surface area contributed by atoms with Crippen LogP contribution in [0.3, 0.4) is 0 Å². The van der Waals surface area contributed by atoms with Crippen LogP contribution in [0.1, 0.15) is 26.2 Å². The lowest BCUT2D eigenvalue weighted by Crippen LogP contribution is -2.22. The first-order valence-electron chi connectivity index (χ1n) is 4.62. The minimum absolute atomic E-state index is 0.0589. The molecular formula is C9H16N2O2. The second kappa shape index (κ2) is 4.16. The minimum atomic E-state index is -0.145. The van der Waals surface area contributed by atoms with Gasteiger partial charge in [0.1, 0.15) is 0 Å². The average Bonchev–Trinajstić information content (AvgIpc) is 2.32. The number of unbranched alkanes of at least 4 members (excludes halogenated alkanes) is 2. The van der Waals surface area contributed by atoms with Crippen LogP contribution in [-0.4, -0.2) is 14.2 Å². The Morgan fingerprint density at radius 3 is 2.62 bits per heavy atom. The van der Waals surface area contributed by atoms with Gasteiger partial charge in [-0.25, -0.2) is 4.79 Å². The monoisotopic (exact) mass is 184 g/mol. The highest BCUT2D eigenvalue weighted by molar-refractivity contribution is 5.04. The number of aromatic nitrogens is 2. The Bertz CT molecular complexity index is 325. The molecule has 1 aromatic rings. The molecule has 0 atom stereocenters. The molecule has 0 spiro atoms. The van der Waals surface area contributed by atoms with Gasteiger partial charge in [0.15, 0.2) is 0 Å². The number of aryl methyl sites for hydroxylation is 1. The molecule has 4 nitrogen and oxygen atoms in total. The fourth-order valence-electron chi connectivity index (χ4n) is 1.32. The van der Waals surface area contributed by atoms with E-state index < -0.39 is 0 Å². The van der Waals surface area contributed by atoms with Crippen LogP contribution < -0.4 is 5.69 Å². The van der Waals surface area contributed by atoms with Crippen LogP contribution in [-0.2, 0) is 13.6 Å². The Labute approximate surface area is 77.4 Å². The Morgan fingerprint density at radius 1 is 1.46 bits per heavy atom. The molecule has 0 radical (unpaired) electrons. The number of imidazole rings is 1. The predicted octanol–water partition coefficient (Wildman–Crippen LogP) is 1.08. The molecule has 74 valence electrons. The van der Waals surface area contributed by atoms with Gasteiger partial charge in [-0.2, -0.15) is 0 Å². The van der Waals surface area contributed by atoms with Crippen LogP contribution in [0.15, 0.2) is 11.0 Å². The van der Waals surface area contributed by atoms with Gasteiger partial charge in [-0.3, -0.25) is 9.13 Å². The zero-order valence-electron chi connectivity index (χ0n) is 8.16. The van der Waals surface area contributed by atoms with Crippen molar-refractivity contribution in [3.05, 3.63) is 16.7 Å². The zero-order valence-corrected chi connectivity index (χ0v) is 8.16. The summed E-state index contributed by atoms with van der Waals surface area (Å²) in [5.74, 6) is 0.0589. The lowest BCUT2D eigenvalue weighted by atomic mass is 10.2. The van der Waals surface area contributed by atoms with Crippen molar-refractivity contribution in [2.24, 2.45) is 7.05 Å². The maximum absolute atomic E-state index is 11.3. The summed E-state index contributed by atoms with van der Waals surface area (Å²) in [5, 5.41) is 9.35. The maximum Gasteiger partial charge on any atom is 0.330 e. The van der Waals surface area contributed by atoms with Crippen molar-refractivity contribution < 1.29 is 5.11 Å². The van der Waals surface area contributed by atoms with Gasteiger partial charge in [-0.1, -0.05) is 19.8 Å². The lowest BCUT2D eigenvalue weighted by Gasteiger charge is -2.00. The van der Waals surface area contributed by atoms with E-state index in [2.05, 4.69) is 6.92 Å². The third-order valence-corrected chi connectivity index (χ3v) is 2.10. The number of rotatable bonds is 4. The Hall–Kier alpha value is -1.19. The van der Waals surface area contributed by atoms with E-state index in [0.717, 1.165) is 19.3 Å². The molecule has 1 rings (SSSR count).